The van der Waals surface area contributed by atoms with Crippen molar-refractivity contribution in [2.75, 3.05) is 11.3 Å². The fourth-order valence-electron chi connectivity index (χ4n) is 1.33. The Labute approximate surface area is 117 Å². The third-order valence-corrected chi connectivity index (χ3v) is 4.50. The van der Waals surface area contributed by atoms with Gasteiger partial charge in [0.1, 0.15) is 9.77 Å². The van der Waals surface area contributed by atoms with E-state index < -0.39 is 16.0 Å². The SMILES string of the molecule is CCOc1n[nH]c(NS(=O)(=O)c2ccsc2C(=O)O)n1. The highest BCUT2D eigenvalue weighted by atomic mass is 32.2. The Kier molecular flexibility index (Phi) is 3.90. The summed E-state index contributed by atoms with van der Waals surface area (Å²) in [7, 11) is -4.06. The van der Waals surface area contributed by atoms with Crippen LogP contribution in [0.4, 0.5) is 5.95 Å². The number of aromatic carboxylic acids is 1. The molecule has 0 saturated carbocycles. The number of carbonyl (C=O) groups is 1. The first kappa shape index (κ1) is 14.3. The van der Waals surface area contributed by atoms with Gasteiger partial charge in [-0.3, -0.25) is 0 Å². The quantitative estimate of drug-likeness (QED) is 0.715. The van der Waals surface area contributed by atoms with Gasteiger partial charge in [-0.05, 0) is 18.4 Å². The maximum atomic E-state index is 12.1. The van der Waals surface area contributed by atoms with E-state index in [0.29, 0.717) is 6.61 Å². The van der Waals surface area contributed by atoms with Gasteiger partial charge in [-0.25, -0.2) is 23.0 Å². The van der Waals surface area contributed by atoms with Gasteiger partial charge in [0.25, 0.3) is 10.0 Å². The smallest absolute Gasteiger partial charge is 0.347 e. The Morgan fingerprint density at radius 3 is 3.00 bits per heavy atom. The fourth-order valence-corrected chi connectivity index (χ4v) is 3.55. The van der Waals surface area contributed by atoms with Gasteiger partial charge in [-0.1, -0.05) is 0 Å². The monoisotopic (exact) mass is 318 g/mol. The van der Waals surface area contributed by atoms with Crippen LogP contribution in [0.25, 0.3) is 0 Å². The lowest BCUT2D eigenvalue weighted by molar-refractivity contribution is 0.0698. The summed E-state index contributed by atoms with van der Waals surface area (Å²) in [5.74, 6) is -1.47. The second-order valence-corrected chi connectivity index (χ2v) is 5.99. The van der Waals surface area contributed by atoms with Crippen molar-refractivity contribution in [1.82, 2.24) is 15.2 Å². The number of rotatable bonds is 6. The molecule has 2 rings (SSSR count). The number of nitrogens with one attached hydrogen (secondary N) is 2. The highest BCUT2D eigenvalue weighted by Crippen LogP contribution is 2.23. The molecule has 2 heterocycles. The zero-order valence-electron chi connectivity index (χ0n) is 10.2. The topological polar surface area (TPSA) is 134 Å². The molecular weight excluding hydrogens is 308 g/mol. The first-order chi connectivity index (χ1) is 9.44. The molecule has 9 nitrogen and oxygen atoms in total. The summed E-state index contributed by atoms with van der Waals surface area (Å²) >= 11 is 0.819. The van der Waals surface area contributed by atoms with Crippen LogP contribution in [0, 0.1) is 0 Å². The number of ether oxygens (including phenoxy) is 1. The number of thiophene rings is 1. The molecule has 0 aromatic carbocycles. The van der Waals surface area contributed by atoms with E-state index in [0.717, 1.165) is 11.3 Å². The summed E-state index contributed by atoms with van der Waals surface area (Å²) in [6.07, 6.45) is 0. The summed E-state index contributed by atoms with van der Waals surface area (Å²) in [5, 5.41) is 16.3. The third kappa shape index (κ3) is 2.88. The number of aromatic nitrogens is 3. The molecule has 0 radical (unpaired) electrons. The van der Waals surface area contributed by atoms with Crippen LogP contribution < -0.4 is 9.46 Å². The van der Waals surface area contributed by atoms with E-state index >= 15 is 0 Å². The van der Waals surface area contributed by atoms with Gasteiger partial charge in [0.05, 0.1) is 6.61 Å². The number of anilines is 1. The molecule has 0 unspecified atom stereocenters. The average Bonchev–Trinajstić information content (AvgIpc) is 2.98. The van der Waals surface area contributed by atoms with Crippen LogP contribution in [-0.2, 0) is 10.0 Å². The van der Waals surface area contributed by atoms with E-state index in [1.165, 1.54) is 11.4 Å². The number of aromatic amines is 1. The number of hydrogen-bond acceptors (Lipinski definition) is 7. The predicted octanol–water partition coefficient (Wildman–Crippen LogP) is 0.764. The highest BCUT2D eigenvalue weighted by molar-refractivity contribution is 7.93. The van der Waals surface area contributed by atoms with Gasteiger partial charge in [-0.15, -0.1) is 16.4 Å². The lowest BCUT2D eigenvalue weighted by atomic mass is 10.5. The molecule has 11 heteroatoms. The number of nitrogens with zero attached hydrogens (tertiary/aromatic N) is 2. The Morgan fingerprint density at radius 1 is 1.60 bits per heavy atom. The molecule has 0 fully saturated rings. The zero-order valence-corrected chi connectivity index (χ0v) is 11.8. The number of carboxylic acid groups (broad SMARTS) is 1. The van der Waals surface area contributed by atoms with Crippen molar-refractivity contribution in [3.63, 3.8) is 0 Å². The molecule has 0 aliphatic heterocycles. The number of H-pyrrole nitrogens is 1. The molecule has 20 heavy (non-hydrogen) atoms. The van der Waals surface area contributed by atoms with Crippen LogP contribution in [-0.4, -0.2) is 41.3 Å². The van der Waals surface area contributed by atoms with Crippen LogP contribution >= 0.6 is 11.3 Å². The van der Waals surface area contributed by atoms with Gasteiger partial charge < -0.3 is 9.84 Å². The molecular formula is C9H10N4O5S2. The first-order valence-corrected chi connectivity index (χ1v) is 7.69. The molecule has 0 bridgehead atoms. The molecule has 2 aromatic heterocycles. The maximum Gasteiger partial charge on any atom is 0.347 e. The van der Waals surface area contributed by atoms with E-state index in [-0.39, 0.29) is 21.7 Å². The Balaban J connectivity index is 2.26. The maximum absolute atomic E-state index is 12.1. The minimum Gasteiger partial charge on any atom is -0.477 e. The van der Waals surface area contributed by atoms with Gasteiger partial charge in [0.15, 0.2) is 0 Å². The van der Waals surface area contributed by atoms with Crippen molar-refractivity contribution in [1.29, 1.82) is 0 Å². The molecule has 0 saturated heterocycles. The Hall–Kier alpha value is -2.14. The van der Waals surface area contributed by atoms with Crippen LogP contribution in [0.1, 0.15) is 16.6 Å². The van der Waals surface area contributed by atoms with E-state index in [2.05, 4.69) is 19.9 Å². The van der Waals surface area contributed by atoms with Crippen LogP contribution in [0.15, 0.2) is 16.3 Å². The number of sulfonamides is 1. The first-order valence-electron chi connectivity index (χ1n) is 5.33. The second-order valence-electron chi connectivity index (χ2n) is 3.42. The molecule has 2 aromatic rings. The predicted molar refractivity (Wildman–Crippen MR) is 69.6 cm³/mol. The number of carboxylic acids is 1. The highest BCUT2D eigenvalue weighted by Gasteiger charge is 2.25. The summed E-state index contributed by atoms with van der Waals surface area (Å²) in [6.45, 7) is 2.06. The van der Waals surface area contributed by atoms with Crippen molar-refractivity contribution >= 4 is 33.3 Å². The van der Waals surface area contributed by atoms with Crippen molar-refractivity contribution in [2.24, 2.45) is 0 Å². The van der Waals surface area contributed by atoms with Gasteiger partial charge in [0, 0.05) is 0 Å². The molecule has 0 atom stereocenters. The van der Waals surface area contributed by atoms with Crippen LogP contribution in [0.5, 0.6) is 6.01 Å². The minimum atomic E-state index is -4.06. The van der Waals surface area contributed by atoms with E-state index in [1.54, 1.807) is 6.92 Å². The summed E-state index contributed by atoms with van der Waals surface area (Å²) in [5.41, 5.74) is 0. The van der Waals surface area contributed by atoms with E-state index in [1.807, 2.05) is 0 Å². The second kappa shape index (κ2) is 5.46. The van der Waals surface area contributed by atoms with Crippen LogP contribution in [0.3, 0.4) is 0 Å². The summed E-state index contributed by atoms with van der Waals surface area (Å²) in [4.78, 5) is 14.1. The van der Waals surface area contributed by atoms with Gasteiger partial charge in [-0.2, -0.15) is 4.98 Å². The van der Waals surface area contributed by atoms with Crippen molar-refractivity contribution < 1.29 is 23.1 Å². The molecule has 0 spiro atoms. The molecule has 0 aliphatic carbocycles. The lowest BCUT2D eigenvalue weighted by Crippen LogP contribution is -2.16. The van der Waals surface area contributed by atoms with Crippen molar-refractivity contribution in [3.8, 4) is 6.01 Å². The third-order valence-electron chi connectivity index (χ3n) is 2.08. The zero-order chi connectivity index (χ0) is 14.8. The minimum absolute atomic E-state index is 0.00558. The normalized spacial score (nSPS) is 11.2. The van der Waals surface area contributed by atoms with Crippen molar-refractivity contribution in [2.45, 2.75) is 11.8 Å². The fraction of sp³-hybridized carbons (Fsp3) is 0.222. The average molecular weight is 318 g/mol. The van der Waals surface area contributed by atoms with Crippen molar-refractivity contribution in [3.05, 3.63) is 16.3 Å². The molecule has 0 aliphatic rings. The largest absolute Gasteiger partial charge is 0.477 e. The Morgan fingerprint density at radius 2 is 2.35 bits per heavy atom. The number of hydrogen-bond donors (Lipinski definition) is 3. The summed E-state index contributed by atoms with van der Waals surface area (Å²) < 4.78 is 31.2. The van der Waals surface area contributed by atoms with Gasteiger partial charge >= 0.3 is 12.0 Å². The van der Waals surface area contributed by atoms with Crippen LogP contribution in [0.2, 0.25) is 0 Å². The summed E-state index contributed by atoms with van der Waals surface area (Å²) in [6, 6.07) is 1.20. The molecule has 108 valence electrons. The molecule has 3 N–H and O–H groups in total. The van der Waals surface area contributed by atoms with E-state index in [9.17, 15) is 13.2 Å². The van der Waals surface area contributed by atoms with Gasteiger partial charge in [0.2, 0.25) is 5.95 Å². The molecule has 0 amide bonds. The Bertz CT molecular complexity index is 720. The standard InChI is InChI=1S/C9H10N4O5S2/c1-2-18-9-10-8(11-12-9)13-20(16,17)5-3-4-19-6(5)7(14)15/h3-4H,2H2,1H3,(H,14,15)(H2,10,11,12,13). The van der Waals surface area contributed by atoms with E-state index in [4.69, 9.17) is 9.84 Å². The lowest BCUT2D eigenvalue weighted by Gasteiger charge is -2.03.